The highest BCUT2D eigenvalue weighted by Crippen LogP contribution is 2.28. The van der Waals surface area contributed by atoms with Crippen LogP contribution < -0.4 is 10.9 Å². The molecule has 3 rings (SSSR count). The molecule has 0 atom stereocenters. The van der Waals surface area contributed by atoms with Crippen LogP contribution in [0.5, 0.6) is 0 Å². The smallest absolute Gasteiger partial charge is 0.253 e. The molecule has 0 radical (unpaired) electrons. The van der Waals surface area contributed by atoms with Crippen molar-refractivity contribution >= 4 is 11.6 Å². The molecule has 2 aromatic rings. The van der Waals surface area contributed by atoms with E-state index in [-0.39, 0.29) is 11.5 Å². The Kier molecular flexibility index (Phi) is 2.93. The third-order valence-corrected chi connectivity index (χ3v) is 3.70. The van der Waals surface area contributed by atoms with Crippen molar-refractivity contribution in [1.82, 2.24) is 4.57 Å². The standard InChI is InChI=1S/C16H16N2O2/c1-10-7-13(9-18(2)16(10)20)12-4-3-11-5-6-15(19)17-14(11)8-12/h3-4,7-9H,5-6H2,1-2H3,(H,17,19). The molecule has 1 amide bonds. The molecule has 0 aliphatic carbocycles. The maximum atomic E-state index is 11.7. The molecular weight excluding hydrogens is 252 g/mol. The second-order valence-corrected chi connectivity index (χ2v) is 5.25. The molecule has 0 spiro atoms. The Bertz CT molecular complexity index is 733. The fourth-order valence-corrected chi connectivity index (χ4v) is 2.59. The van der Waals surface area contributed by atoms with E-state index in [9.17, 15) is 9.59 Å². The molecule has 2 heterocycles. The summed E-state index contributed by atoms with van der Waals surface area (Å²) in [4.78, 5) is 23.2. The van der Waals surface area contributed by atoms with Crippen molar-refractivity contribution in [3.63, 3.8) is 0 Å². The first-order valence-electron chi connectivity index (χ1n) is 6.65. The third kappa shape index (κ3) is 2.13. The van der Waals surface area contributed by atoms with Gasteiger partial charge in [-0.05, 0) is 42.2 Å². The van der Waals surface area contributed by atoms with Crippen molar-refractivity contribution in [2.24, 2.45) is 7.05 Å². The van der Waals surface area contributed by atoms with Crippen LogP contribution >= 0.6 is 0 Å². The zero-order chi connectivity index (χ0) is 14.3. The Labute approximate surface area is 117 Å². The highest BCUT2D eigenvalue weighted by molar-refractivity contribution is 5.94. The largest absolute Gasteiger partial charge is 0.326 e. The number of aromatic nitrogens is 1. The predicted octanol–water partition coefficient (Wildman–Crippen LogP) is 2.25. The lowest BCUT2D eigenvalue weighted by molar-refractivity contribution is -0.116. The number of hydrogen-bond donors (Lipinski definition) is 1. The minimum absolute atomic E-state index is 0.0139. The summed E-state index contributed by atoms with van der Waals surface area (Å²) in [5.74, 6) is 0.0614. The number of anilines is 1. The maximum Gasteiger partial charge on any atom is 0.253 e. The number of benzene rings is 1. The lowest BCUT2D eigenvalue weighted by atomic mass is 9.98. The van der Waals surface area contributed by atoms with Crippen molar-refractivity contribution in [3.05, 3.63) is 51.9 Å². The fraction of sp³-hybridized carbons (Fsp3) is 0.250. The molecule has 1 aliphatic heterocycles. The third-order valence-electron chi connectivity index (χ3n) is 3.70. The first kappa shape index (κ1) is 12.7. The van der Waals surface area contributed by atoms with Crippen LogP contribution in [0.3, 0.4) is 0 Å². The molecule has 0 bridgehead atoms. The van der Waals surface area contributed by atoms with E-state index >= 15 is 0 Å². The molecule has 0 saturated carbocycles. The Hall–Kier alpha value is -2.36. The molecule has 4 heteroatoms. The van der Waals surface area contributed by atoms with Gasteiger partial charge in [-0.15, -0.1) is 0 Å². The van der Waals surface area contributed by atoms with Crippen LogP contribution in [0.4, 0.5) is 5.69 Å². The SMILES string of the molecule is Cc1cc(-c2ccc3c(c2)NC(=O)CC3)cn(C)c1=O. The van der Waals surface area contributed by atoms with Crippen LogP contribution in [-0.4, -0.2) is 10.5 Å². The van der Waals surface area contributed by atoms with E-state index in [1.54, 1.807) is 11.6 Å². The van der Waals surface area contributed by atoms with Gasteiger partial charge in [0.1, 0.15) is 0 Å². The second kappa shape index (κ2) is 4.63. The zero-order valence-corrected chi connectivity index (χ0v) is 11.6. The number of nitrogens with zero attached hydrogens (tertiary/aromatic N) is 1. The van der Waals surface area contributed by atoms with Crippen molar-refractivity contribution in [2.45, 2.75) is 19.8 Å². The molecule has 102 valence electrons. The minimum Gasteiger partial charge on any atom is -0.326 e. The number of carbonyl (C=O) groups is 1. The number of fused-ring (bicyclic) bond motifs is 1. The van der Waals surface area contributed by atoms with Crippen LogP contribution in [0.2, 0.25) is 0 Å². The minimum atomic E-state index is 0.0139. The number of carbonyl (C=O) groups excluding carboxylic acids is 1. The molecule has 20 heavy (non-hydrogen) atoms. The van der Waals surface area contributed by atoms with Crippen molar-refractivity contribution in [2.75, 3.05) is 5.32 Å². The zero-order valence-electron chi connectivity index (χ0n) is 11.6. The van der Waals surface area contributed by atoms with E-state index in [0.717, 1.165) is 28.8 Å². The molecule has 1 aromatic carbocycles. The van der Waals surface area contributed by atoms with Crippen LogP contribution in [0, 0.1) is 6.92 Å². The summed E-state index contributed by atoms with van der Waals surface area (Å²) < 4.78 is 1.59. The van der Waals surface area contributed by atoms with Crippen molar-refractivity contribution in [3.8, 4) is 11.1 Å². The summed E-state index contributed by atoms with van der Waals surface area (Å²) in [5, 5.41) is 2.90. The van der Waals surface area contributed by atoms with Crippen LogP contribution in [-0.2, 0) is 18.3 Å². The van der Waals surface area contributed by atoms with Gasteiger partial charge in [-0.1, -0.05) is 12.1 Å². The van der Waals surface area contributed by atoms with E-state index in [4.69, 9.17) is 0 Å². The molecule has 0 saturated heterocycles. The van der Waals surface area contributed by atoms with Crippen LogP contribution in [0.15, 0.2) is 35.3 Å². The number of aryl methyl sites for hydroxylation is 3. The Balaban J connectivity index is 2.09. The van der Waals surface area contributed by atoms with Crippen LogP contribution in [0.1, 0.15) is 17.5 Å². The van der Waals surface area contributed by atoms with E-state index in [1.807, 2.05) is 37.4 Å². The van der Waals surface area contributed by atoms with E-state index in [2.05, 4.69) is 5.32 Å². The molecule has 0 fully saturated rings. The average molecular weight is 268 g/mol. The van der Waals surface area contributed by atoms with Gasteiger partial charge in [-0.25, -0.2) is 0 Å². The monoisotopic (exact) mass is 268 g/mol. The van der Waals surface area contributed by atoms with Gasteiger partial charge in [0.15, 0.2) is 0 Å². The van der Waals surface area contributed by atoms with Gasteiger partial charge in [-0.2, -0.15) is 0 Å². The Morgan fingerprint density at radius 1 is 1.10 bits per heavy atom. The van der Waals surface area contributed by atoms with E-state index < -0.39 is 0 Å². The number of hydrogen-bond acceptors (Lipinski definition) is 2. The first-order chi connectivity index (χ1) is 9.54. The van der Waals surface area contributed by atoms with Gasteiger partial charge in [0, 0.05) is 30.9 Å². The normalized spacial score (nSPS) is 13.8. The number of rotatable bonds is 1. The van der Waals surface area contributed by atoms with E-state index in [1.165, 1.54) is 0 Å². The van der Waals surface area contributed by atoms with Crippen LogP contribution in [0.25, 0.3) is 11.1 Å². The number of amides is 1. The Morgan fingerprint density at radius 3 is 2.65 bits per heavy atom. The summed E-state index contributed by atoms with van der Waals surface area (Å²) in [5.41, 5.74) is 4.75. The Morgan fingerprint density at radius 2 is 1.90 bits per heavy atom. The van der Waals surface area contributed by atoms with Gasteiger partial charge in [0.25, 0.3) is 5.56 Å². The summed E-state index contributed by atoms with van der Waals surface area (Å²) in [6.07, 6.45) is 3.15. The average Bonchev–Trinajstić information content (AvgIpc) is 2.43. The fourth-order valence-electron chi connectivity index (χ4n) is 2.59. The molecule has 1 aliphatic rings. The molecule has 4 nitrogen and oxygen atoms in total. The summed E-state index contributed by atoms with van der Waals surface area (Å²) in [6.45, 7) is 1.81. The summed E-state index contributed by atoms with van der Waals surface area (Å²) in [6, 6.07) is 7.94. The van der Waals surface area contributed by atoms with Gasteiger partial charge in [0.2, 0.25) is 5.91 Å². The number of pyridine rings is 1. The summed E-state index contributed by atoms with van der Waals surface area (Å²) >= 11 is 0. The van der Waals surface area contributed by atoms with Crippen molar-refractivity contribution < 1.29 is 4.79 Å². The predicted molar refractivity (Wildman–Crippen MR) is 78.8 cm³/mol. The van der Waals surface area contributed by atoms with Gasteiger partial charge in [-0.3, -0.25) is 9.59 Å². The van der Waals surface area contributed by atoms with Gasteiger partial charge < -0.3 is 9.88 Å². The summed E-state index contributed by atoms with van der Waals surface area (Å²) in [7, 11) is 1.75. The van der Waals surface area contributed by atoms with E-state index in [0.29, 0.717) is 12.0 Å². The first-order valence-corrected chi connectivity index (χ1v) is 6.65. The van der Waals surface area contributed by atoms with Gasteiger partial charge in [0.05, 0.1) is 0 Å². The molecule has 1 N–H and O–H groups in total. The van der Waals surface area contributed by atoms with Gasteiger partial charge >= 0.3 is 0 Å². The lowest BCUT2D eigenvalue weighted by Gasteiger charge is -2.18. The molecule has 0 unspecified atom stereocenters. The maximum absolute atomic E-state index is 11.7. The van der Waals surface area contributed by atoms with Crippen molar-refractivity contribution in [1.29, 1.82) is 0 Å². The topological polar surface area (TPSA) is 51.1 Å². The quantitative estimate of drug-likeness (QED) is 0.862. The second-order valence-electron chi connectivity index (χ2n) is 5.25. The molecular formula is C16H16N2O2. The lowest BCUT2D eigenvalue weighted by Crippen LogP contribution is -2.19. The highest BCUT2D eigenvalue weighted by Gasteiger charge is 2.15. The molecule has 1 aromatic heterocycles. The highest BCUT2D eigenvalue weighted by atomic mass is 16.1. The number of nitrogens with one attached hydrogen (secondary N) is 1.